The topological polar surface area (TPSA) is 87.2 Å². The quantitative estimate of drug-likeness (QED) is 0.576. The van der Waals surface area contributed by atoms with E-state index in [2.05, 4.69) is 20.9 Å². The molecule has 1 atom stereocenters. The van der Waals surface area contributed by atoms with Crippen LogP contribution >= 0.6 is 27.3 Å². The molecule has 0 radical (unpaired) electrons. The molecule has 9 heteroatoms. The second kappa shape index (κ2) is 7.01. The van der Waals surface area contributed by atoms with E-state index < -0.39 is 20.6 Å². The van der Waals surface area contributed by atoms with Gasteiger partial charge in [-0.2, -0.15) is 0 Å². The number of carboxylic acids is 1. The zero-order valence-electron chi connectivity index (χ0n) is 12.4. The Morgan fingerprint density at radius 1 is 1.45 bits per heavy atom. The first-order valence-electron chi connectivity index (χ1n) is 6.09. The first-order chi connectivity index (χ1) is 9.63. The van der Waals surface area contributed by atoms with Gasteiger partial charge < -0.3 is 9.90 Å². The van der Waals surface area contributed by atoms with Crippen molar-refractivity contribution in [3.8, 4) is 0 Å². The smallest absolute Gasteiger partial charge is 0.548 e. The number of rotatable bonds is 5. The molecule has 1 heterocycles. The molecule has 1 aromatic carbocycles. The minimum atomic E-state index is -3.76. The van der Waals surface area contributed by atoms with Gasteiger partial charge in [-0.1, -0.05) is 15.9 Å². The predicted molar refractivity (Wildman–Crippen MR) is 83.9 cm³/mol. The van der Waals surface area contributed by atoms with Gasteiger partial charge in [0.25, 0.3) is 0 Å². The van der Waals surface area contributed by atoms with Crippen LogP contribution in [-0.2, 0) is 21.1 Å². The molecule has 0 aliphatic rings. The summed E-state index contributed by atoms with van der Waals surface area (Å²) in [6, 6.07) is 5.65. The Labute approximate surface area is 153 Å². The van der Waals surface area contributed by atoms with Crippen LogP contribution in [0.3, 0.4) is 0 Å². The Kier molecular flexibility index (Phi) is 6.27. The Morgan fingerprint density at radius 3 is 2.64 bits per heavy atom. The Balaban J connectivity index is 0.00000242. The van der Waals surface area contributed by atoms with Crippen molar-refractivity contribution in [1.29, 1.82) is 0 Å². The van der Waals surface area contributed by atoms with Crippen molar-refractivity contribution in [2.24, 2.45) is 0 Å². The van der Waals surface area contributed by atoms with Crippen LogP contribution < -0.4 is 24.0 Å². The molecule has 0 aliphatic heterocycles. The third kappa shape index (κ3) is 3.92. The summed E-state index contributed by atoms with van der Waals surface area (Å²) < 4.78 is 23.4. The molecule has 0 saturated heterocycles. The third-order valence-electron chi connectivity index (χ3n) is 3.46. The molecule has 2 rings (SSSR count). The maximum atomic E-state index is 11.7. The van der Waals surface area contributed by atoms with Crippen LogP contribution in [0.1, 0.15) is 18.4 Å². The summed E-state index contributed by atoms with van der Waals surface area (Å²) in [7, 11) is -3.76. The van der Waals surface area contributed by atoms with Crippen molar-refractivity contribution in [2.75, 3.05) is 6.26 Å². The van der Waals surface area contributed by atoms with Gasteiger partial charge in [0, 0.05) is 17.1 Å². The first-order valence-corrected chi connectivity index (χ1v) is 9.59. The second-order valence-electron chi connectivity index (χ2n) is 5.01. The fourth-order valence-corrected chi connectivity index (χ4v) is 4.13. The van der Waals surface area contributed by atoms with E-state index in [1.54, 1.807) is 0 Å². The zero-order valence-corrected chi connectivity index (χ0v) is 15.6. The fourth-order valence-electron chi connectivity index (χ4n) is 1.84. The normalized spacial score (nSPS) is 14.3. The van der Waals surface area contributed by atoms with Crippen LogP contribution in [0, 0.1) is 0 Å². The van der Waals surface area contributed by atoms with Gasteiger partial charge in [-0.25, -0.2) is 13.4 Å². The maximum Gasteiger partial charge on any atom is 1.00 e. The van der Waals surface area contributed by atoms with Gasteiger partial charge in [0.1, 0.15) is 4.75 Å². The fraction of sp³-hybridized carbons (Fsp3) is 0.385. The van der Waals surface area contributed by atoms with Gasteiger partial charge in [-0.05, 0) is 31.5 Å². The van der Waals surface area contributed by atoms with E-state index in [4.69, 9.17) is 0 Å². The predicted octanol–water partition coefficient (Wildman–Crippen LogP) is -1.45. The number of nitrogens with zero attached hydrogens (tertiary/aromatic N) is 1. The van der Waals surface area contributed by atoms with Crippen molar-refractivity contribution in [3.63, 3.8) is 0 Å². The molecule has 114 valence electrons. The largest absolute Gasteiger partial charge is 1.00 e. The summed E-state index contributed by atoms with van der Waals surface area (Å²) in [6.07, 6.45) is 1.13. The second-order valence-corrected chi connectivity index (χ2v) is 9.49. The van der Waals surface area contributed by atoms with E-state index in [-0.39, 0.29) is 31.7 Å². The molecule has 0 fully saturated rings. The van der Waals surface area contributed by atoms with Gasteiger partial charge in [0.05, 0.1) is 21.2 Å². The molecule has 0 spiro atoms. The molecule has 0 saturated carbocycles. The Hall–Kier alpha value is -0.393. The Morgan fingerprint density at radius 2 is 2.09 bits per heavy atom. The number of carbonyl (C=O) groups excluding carboxylic acids is 1. The van der Waals surface area contributed by atoms with Crippen LogP contribution in [0.15, 0.2) is 22.7 Å². The van der Waals surface area contributed by atoms with Gasteiger partial charge in [-0.15, -0.1) is 11.3 Å². The number of halogens is 1. The van der Waals surface area contributed by atoms with Crippen molar-refractivity contribution in [2.45, 2.75) is 24.5 Å². The maximum absolute atomic E-state index is 11.7. The van der Waals surface area contributed by atoms with Gasteiger partial charge in [0.15, 0.2) is 9.84 Å². The molecule has 22 heavy (non-hydrogen) atoms. The van der Waals surface area contributed by atoms with E-state index in [1.807, 2.05) is 18.2 Å². The summed E-state index contributed by atoms with van der Waals surface area (Å²) in [5, 5.41) is 11.9. The van der Waals surface area contributed by atoms with E-state index in [0.29, 0.717) is 5.01 Å². The van der Waals surface area contributed by atoms with Crippen LogP contribution in [0.2, 0.25) is 0 Å². The van der Waals surface area contributed by atoms with E-state index in [9.17, 15) is 18.3 Å². The van der Waals surface area contributed by atoms with Crippen LogP contribution in [0.4, 0.5) is 0 Å². The number of aryl methyl sites for hydroxylation is 1. The number of sulfone groups is 1. The molecule has 5 nitrogen and oxygen atoms in total. The standard InChI is InChI=1S/C13H14BrNO4S2.Li/c1-13(12(16)17,21(2,18)19)6-5-11-15-9-4-3-8(14)7-10(9)20-11;/h3-4,7H,5-6H2,1-2H3,(H,16,17);/q;+1/p-1. The number of carbonyl (C=O) groups is 1. The van der Waals surface area contributed by atoms with Gasteiger partial charge >= 0.3 is 18.9 Å². The molecule has 0 N–H and O–H groups in total. The van der Waals surface area contributed by atoms with Crippen molar-refractivity contribution >= 4 is 53.3 Å². The van der Waals surface area contributed by atoms with Crippen molar-refractivity contribution < 1.29 is 37.2 Å². The zero-order chi connectivity index (χ0) is 15.8. The van der Waals surface area contributed by atoms with Crippen LogP contribution in [-0.4, -0.2) is 30.4 Å². The Bertz CT molecular complexity index is 805. The SMILES string of the molecule is CC(CCc1nc2ccc(Br)cc2s1)(C(=O)[O-])S(C)(=O)=O.[Li+]. The van der Waals surface area contributed by atoms with Crippen molar-refractivity contribution in [1.82, 2.24) is 4.98 Å². The third-order valence-corrected chi connectivity index (χ3v) is 7.04. The molecule has 0 amide bonds. The number of thiazole rings is 1. The molecule has 2 aromatic rings. The summed E-state index contributed by atoms with van der Waals surface area (Å²) in [6.45, 7) is 1.18. The molecule has 1 unspecified atom stereocenters. The number of aliphatic carboxylic acids is 1. The number of carboxylic acid groups (broad SMARTS) is 1. The molecular formula is C13H13BrLiNO4S2. The average Bonchev–Trinajstić information content (AvgIpc) is 2.76. The van der Waals surface area contributed by atoms with Gasteiger partial charge in [0.2, 0.25) is 0 Å². The summed E-state index contributed by atoms with van der Waals surface area (Å²) in [4.78, 5) is 15.6. The average molecular weight is 398 g/mol. The van der Waals surface area contributed by atoms with E-state index in [0.717, 1.165) is 20.9 Å². The van der Waals surface area contributed by atoms with E-state index in [1.165, 1.54) is 18.3 Å². The van der Waals surface area contributed by atoms with Gasteiger partial charge in [-0.3, -0.25) is 0 Å². The number of benzene rings is 1. The number of aromatic nitrogens is 1. The summed E-state index contributed by atoms with van der Waals surface area (Å²) >= 11 is 4.80. The minimum Gasteiger partial charge on any atom is -0.548 e. The number of hydrogen-bond donors (Lipinski definition) is 0. The molecular weight excluding hydrogens is 385 g/mol. The minimum absolute atomic E-state index is 0. The molecule has 0 aliphatic carbocycles. The summed E-state index contributed by atoms with van der Waals surface area (Å²) in [5.74, 6) is -1.58. The van der Waals surface area contributed by atoms with Crippen LogP contribution in [0.25, 0.3) is 10.2 Å². The van der Waals surface area contributed by atoms with E-state index >= 15 is 0 Å². The molecule has 0 bridgehead atoms. The monoisotopic (exact) mass is 397 g/mol. The number of hydrogen-bond acceptors (Lipinski definition) is 6. The van der Waals surface area contributed by atoms with Crippen molar-refractivity contribution in [3.05, 3.63) is 27.7 Å². The first kappa shape index (κ1) is 19.7. The molecule has 1 aromatic heterocycles. The number of fused-ring (bicyclic) bond motifs is 1. The van der Waals surface area contributed by atoms with Crippen LogP contribution in [0.5, 0.6) is 0 Å². The summed E-state index contributed by atoms with van der Waals surface area (Å²) in [5.41, 5.74) is 0.813.